The number of halogens is 1. The highest BCUT2D eigenvalue weighted by atomic mass is 35.5. The van der Waals surface area contributed by atoms with Crippen LogP contribution in [0.5, 0.6) is 0 Å². The molecule has 1 fully saturated rings. The summed E-state index contributed by atoms with van der Waals surface area (Å²) in [6.07, 6.45) is 3.35. The van der Waals surface area contributed by atoms with Crippen LogP contribution in [0, 0.1) is 24.0 Å². The van der Waals surface area contributed by atoms with Crippen LogP contribution in [0.4, 0.5) is 5.69 Å². The van der Waals surface area contributed by atoms with E-state index >= 15 is 0 Å². The Bertz CT molecular complexity index is 960. The third kappa shape index (κ3) is 3.84. The van der Waals surface area contributed by atoms with Gasteiger partial charge < -0.3 is 9.88 Å². The first-order valence-electron chi connectivity index (χ1n) is 8.19. The molecule has 1 N–H and O–H groups in total. The Morgan fingerprint density at radius 2 is 1.96 bits per heavy atom. The maximum Gasteiger partial charge on any atom is 0.289 e. The van der Waals surface area contributed by atoms with Crippen molar-refractivity contribution in [3.63, 3.8) is 0 Å². The summed E-state index contributed by atoms with van der Waals surface area (Å²) in [6, 6.07) is 2.18. The number of piperazine rings is 1. The maximum absolute atomic E-state index is 13.3. The molecule has 3 rings (SSSR count). The molecule has 1 saturated heterocycles. The Balaban J connectivity index is 0.00000261. The standard InChI is InChI=1S/C16H21N5O4S.ClH/c1-11-8-13(21(22)23)15(9-12(11)2)26(24,25)20-7-4-17-10-14(20)16-18-5-6-19(16)3;/h5-6,8-9,14,17H,4,7,10H2,1-3H3;1H. The number of nitrogens with zero attached hydrogens (tertiary/aromatic N) is 4. The molecular formula is C16H22ClN5O4S. The van der Waals surface area contributed by atoms with Crippen LogP contribution in [-0.2, 0) is 17.1 Å². The van der Waals surface area contributed by atoms with E-state index in [1.807, 2.05) is 0 Å². The van der Waals surface area contributed by atoms with Crippen molar-refractivity contribution >= 4 is 28.1 Å². The molecule has 2 aromatic rings. The quantitative estimate of drug-likeness (QED) is 0.601. The van der Waals surface area contributed by atoms with Crippen LogP contribution in [0.15, 0.2) is 29.4 Å². The first-order valence-corrected chi connectivity index (χ1v) is 9.63. The molecule has 1 atom stereocenters. The summed E-state index contributed by atoms with van der Waals surface area (Å²) in [6.45, 7) is 4.54. The van der Waals surface area contributed by atoms with Crippen molar-refractivity contribution in [2.75, 3.05) is 19.6 Å². The number of hydrogen-bond acceptors (Lipinski definition) is 6. The van der Waals surface area contributed by atoms with Gasteiger partial charge in [0.2, 0.25) is 0 Å². The minimum absolute atomic E-state index is 0. The number of nitrogens with one attached hydrogen (secondary N) is 1. The van der Waals surface area contributed by atoms with E-state index in [1.165, 1.54) is 16.4 Å². The molecule has 1 aromatic heterocycles. The summed E-state index contributed by atoms with van der Waals surface area (Å²) in [5.41, 5.74) is 0.972. The lowest BCUT2D eigenvalue weighted by molar-refractivity contribution is -0.387. The van der Waals surface area contributed by atoms with Crippen LogP contribution in [0.25, 0.3) is 0 Å². The molecule has 0 aliphatic carbocycles. The molecule has 1 aliphatic rings. The number of sulfonamides is 1. The number of aromatic nitrogens is 2. The smallest absolute Gasteiger partial charge is 0.289 e. The molecule has 0 spiro atoms. The van der Waals surface area contributed by atoms with Crippen LogP contribution in [-0.4, -0.2) is 46.8 Å². The molecule has 0 bridgehead atoms. The van der Waals surface area contributed by atoms with E-state index in [0.717, 1.165) is 0 Å². The van der Waals surface area contributed by atoms with E-state index in [-0.39, 0.29) is 23.8 Å². The molecule has 2 heterocycles. The van der Waals surface area contributed by atoms with Gasteiger partial charge in [0, 0.05) is 45.1 Å². The third-order valence-corrected chi connectivity index (χ3v) is 6.65. The first-order chi connectivity index (χ1) is 12.2. The summed E-state index contributed by atoms with van der Waals surface area (Å²) < 4.78 is 29.8. The second-order valence-corrected chi connectivity index (χ2v) is 8.25. The predicted octanol–water partition coefficient (Wildman–Crippen LogP) is 1.70. The monoisotopic (exact) mass is 415 g/mol. The van der Waals surface area contributed by atoms with E-state index in [9.17, 15) is 18.5 Å². The van der Waals surface area contributed by atoms with Gasteiger partial charge in [-0.3, -0.25) is 10.1 Å². The molecule has 11 heteroatoms. The number of nitro groups is 1. The van der Waals surface area contributed by atoms with Crippen LogP contribution in [0.3, 0.4) is 0 Å². The van der Waals surface area contributed by atoms with E-state index in [4.69, 9.17) is 0 Å². The highest BCUT2D eigenvalue weighted by Gasteiger charge is 2.39. The van der Waals surface area contributed by atoms with Gasteiger partial charge in [-0.2, -0.15) is 4.31 Å². The second kappa shape index (κ2) is 7.93. The first kappa shape index (κ1) is 21.3. The number of benzene rings is 1. The Kier molecular flexibility index (Phi) is 6.25. The molecule has 1 unspecified atom stereocenters. The molecule has 0 amide bonds. The zero-order valence-corrected chi connectivity index (χ0v) is 16.9. The van der Waals surface area contributed by atoms with E-state index in [0.29, 0.717) is 30.0 Å². The number of aryl methyl sites for hydroxylation is 3. The van der Waals surface area contributed by atoms with Gasteiger partial charge >= 0.3 is 0 Å². The van der Waals surface area contributed by atoms with Crippen molar-refractivity contribution in [2.24, 2.45) is 7.05 Å². The topological polar surface area (TPSA) is 110 Å². The van der Waals surface area contributed by atoms with Gasteiger partial charge in [-0.15, -0.1) is 12.4 Å². The lowest BCUT2D eigenvalue weighted by Gasteiger charge is -2.34. The van der Waals surface area contributed by atoms with E-state index in [1.54, 1.807) is 37.9 Å². The Labute approximate surface area is 164 Å². The number of rotatable bonds is 4. The lowest BCUT2D eigenvalue weighted by Crippen LogP contribution is -2.49. The van der Waals surface area contributed by atoms with Gasteiger partial charge in [0.15, 0.2) is 4.90 Å². The summed E-state index contributed by atoms with van der Waals surface area (Å²) in [5, 5.41) is 14.6. The fraction of sp³-hybridized carbons (Fsp3) is 0.438. The highest BCUT2D eigenvalue weighted by Crippen LogP contribution is 2.34. The fourth-order valence-corrected chi connectivity index (χ4v) is 4.95. The Hall–Kier alpha value is -2.01. The molecule has 9 nitrogen and oxygen atoms in total. The molecule has 1 aromatic carbocycles. The zero-order valence-electron chi connectivity index (χ0n) is 15.2. The predicted molar refractivity (Wildman–Crippen MR) is 103 cm³/mol. The van der Waals surface area contributed by atoms with Gasteiger partial charge in [0.25, 0.3) is 15.7 Å². The largest absolute Gasteiger partial charge is 0.337 e. The minimum atomic E-state index is -4.07. The van der Waals surface area contributed by atoms with E-state index < -0.39 is 26.7 Å². The van der Waals surface area contributed by atoms with Crippen molar-refractivity contribution in [3.8, 4) is 0 Å². The highest BCUT2D eigenvalue weighted by molar-refractivity contribution is 7.89. The summed E-state index contributed by atoms with van der Waals surface area (Å²) >= 11 is 0. The second-order valence-electron chi connectivity index (χ2n) is 6.39. The van der Waals surface area contributed by atoms with E-state index in [2.05, 4.69) is 10.3 Å². The lowest BCUT2D eigenvalue weighted by atomic mass is 10.1. The SMILES string of the molecule is Cc1cc([N+](=O)[O-])c(S(=O)(=O)N2CCNCC2c2nccn2C)cc1C.Cl. The van der Waals surface area contributed by atoms with Crippen molar-refractivity contribution in [2.45, 2.75) is 24.8 Å². The average molecular weight is 416 g/mol. The average Bonchev–Trinajstić information content (AvgIpc) is 3.02. The Morgan fingerprint density at radius 1 is 1.30 bits per heavy atom. The molecule has 27 heavy (non-hydrogen) atoms. The summed E-state index contributed by atoms with van der Waals surface area (Å²) in [4.78, 5) is 14.8. The van der Waals surface area contributed by atoms with Gasteiger partial charge in [-0.05, 0) is 31.0 Å². The van der Waals surface area contributed by atoms with Crippen LogP contribution in [0.1, 0.15) is 23.0 Å². The third-order valence-electron chi connectivity index (χ3n) is 4.71. The van der Waals surface area contributed by atoms with Crippen LogP contribution in [0.2, 0.25) is 0 Å². The Morgan fingerprint density at radius 3 is 2.56 bits per heavy atom. The summed E-state index contributed by atoms with van der Waals surface area (Å²) in [5.74, 6) is 0.590. The van der Waals surface area contributed by atoms with Gasteiger partial charge in [0.1, 0.15) is 5.82 Å². The summed E-state index contributed by atoms with van der Waals surface area (Å²) in [7, 11) is -2.28. The van der Waals surface area contributed by atoms with Crippen molar-refractivity contribution in [1.29, 1.82) is 0 Å². The van der Waals surface area contributed by atoms with Crippen LogP contribution < -0.4 is 5.32 Å². The van der Waals surface area contributed by atoms with Gasteiger partial charge in [-0.1, -0.05) is 0 Å². The van der Waals surface area contributed by atoms with Crippen molar-refractivity contribution < 1.29 is 13.3 Å². The zero-order chi connectivity index (χ0) is 19.1. The number of hydrogen-bond donors (Lipinski definition) is 1. The fourth-order valence-electron chi connectivity index (χ4n) is 3.14. The minimum Gasteiger partial charge on any atom is -0.337 e. The molecule has 148 valence electrons. The maximum atomic E-state index is 13.3. The van der Waals surface area contributed by atoms with Gasteiger partial charge in [0.05, 0.1) is 11.0 Å². The molecule has 0 radical (unpaired) electrons. The normalized spacial score (nSPS) is 18.1. The molecule has 0 saturated carbocycles. The van der Waals surface area contributed by atoms with Gasteiger partial charge in [-0.25, -0.2) is 13.4 Å². The van der Waals surface area contributed by atoms with Crippen molar-refractivity contribution in [3.05, 3.63) is 51.6 Å². The number of imidazole rings is 1. The van der Waals surface area contributed by atoms with Crippen LogP contribution >= 0.6 is 12.4 Å². The molecular weight excluding hydrogens is 394 g/mol. The van der Waals surface area contributed by atoms with Crippen molar-refractivity contribution in [1.82, 2.24) is 19.2 Å². The molecule has 1 aliphatic heterocycles. The number of nitro benzene ring substituents is 1.